The quantitative estimate of drug-likeness (QED) is 0.507. The first-order valence-corrected chi connectivity index (χ1v) is 8.13. The summed E-state index contributed by atoms with van der Waals surface area (Å²) in [6, 6.07) is 2.93. The Morgan fingerprint density at radius 3 is 2.77 bits per heavy atom. The molecule has 0 saturated heterocycles. The monoisotopic (exact) mass is 365 g/mol. The summed E-state index contributed by atoms with van der Waals surface area (Å²) >= 11 is 0. The van der Waals surface area contributed by atoms with Crippen LogP contribution in [0.5, 0.6) is 0 Å². The number of nitro groups is 1. The van der Waals surface area contributed by atoms with Crippen LogP contribution in [0, 0.1) is 10.1 Å². The lowest BCUT2D eigenvalue weighted by atomic mass is 10.1. The molecule has 1 atom stereocenters. The summed E-state index contributed by atoms with van der Waals surface area (Å²) in [6.07, 6.45) is 1.29. The number of carbonyl (C=O) groups excluding carboxylic acids is 1. The standard InChI is InChI=1S/C16H19N3O7/c1-2-4-11(15(21)22)17-14(20)5-3-8-18-12-7-6-10(19(24)25)9-13(12)26-16(18)23/h6-7,9,11H,2-5,8H2,1H3,(H,17,20)(H,21,22). The number of rotatable bonds is 9. The van der Waals surface area contributed by atoms with Gasteiger partial charge in [0.1, 0.15) is 6.04 Å². The molecule has 2 aromatic rings. The van der Waals surface area contributed by atoms with Crippen LogP contribution in [0.1, 0.15) is 32.6 Å². The summed E-state index contributed by atoms with van der Waals surface area (Å²) in [6.45, 7) is 1.99. The van der Waals surface area contributed by atoms with E-state index in [0.29, 0.717) is 18.4 Å². The number of nitrogens with one attached hydrogen (secondary N) is 1. The molecule has 0 aliphatic rings. The van der Waals surface area contributed by atoms with Crippen LogP contribution in [0.15, 0.2) is 27.4 Å². The van der Waals surface area contributed by atoms with Crippen molar-refractivity contribution in [3.63, 3.8) is 0 Å². The number of amides is 1. The number of aliphatic carboxylic acids is 1. The van der Waals surface area contributed by atoms with Gasteiger partial charge < -0.3 is 14.8 Å². The lowest BCUT2D eigenvalue weighted by molar-refractivity contribution is -0.384. The van der Waals surface area contributed by atoms with Gasteiger partial charge in [0.25, 0.3) is 5.69 Å². The zero-order chi connectivity index (χ0) is 19.3. The van der Waals surface area contributed by atoms with Gasteiger partial charge in [-0.2, -0.15) is 0 Å². The van der Waals surface area contributed by atoms with Gasteiger partial charge in [-0.3, -0.25) is 19.5 Å². The van der Waals surface area contributed by atoms with E-state index in [-0.39, 0.29) is 30.7 Å². The van der Waals surface area contributed by atoms with Crippen LogP contribution < -0.4 is 11.1 Å². The molecule has 0 fully saturated rings. The predicted molar refractivity (Wildman–Crippen MR) is 90.8 cm³/mol. The number of nitrogens with zero attached hydrogens (tertiary/aromatic N) is 2. The third-order valence-electron chi connectivity index (χ3n) is 3.86. The van der Waals surface area contributed by atoms with Crippen LogP contribution in [0.25, 0.3) is 11.1 Å². The van der Waals surface area contributed by atoms with Crippen molar-refractivity contribution in [2.24, 2.45) is 0 Å². The minimum atomic E-state index is -1.08. The van der Waals surface area contributed by atoms with Crippen LogP contribution in [-0.2, 0) is 16.1 Å². The van der Waals surface area contributed by atoms with E-state index in [4.69, 9.17) is 9.52 Å². The van der Waals surface area contributed by atoms with Crippen LogP contribution in [0.2, 0.25) is 0 Å². The van der Waals surface area contributed by atoms with E-state index in [1.54, 1.807) is 0 Å². The first kappa shape index (κ1) is 19.2. The second-order valence-corrected chi connectivity index (χ2v) is 5.78. The number of carbonyl (C=O) groups is 2. The second-order valence-electron chi connectivity index (χ2n) is 5.78. The summed E-state index contributed by atoms with van der Waals surface area (Å²) in [5.41, 5.74) is 0.311. The number of fused-ring (bicyclic) bond motifs is 1. The van der Waals surface area contributed by atoms with Gasteiger partial charge in [0.15, 0.2) is 5.58 Å². The fraction of sp³-hybridized carbons (Fsp3) is 0.438. The number of hydrogen-bond donors (Lipinski definition) is 2. The number of aryl methyl sites for hydroxylation is 1. The lowest BCUT2D eigenvalue weighted by Crippen LogP contribution is -2.40. The first-order valence-electron chi connectivity index (χ1n) is 8.13. The number of carboxylic acid groups (broad SMARTS) is 1. The Bertz CT molecular complexity index is 884. The number of hydrogen-bond acceptors (Lipinski definition) is 6. The van der Waals surface area contributed by atoms with Gasteiger partial charge in [-0.25, -0.2) is 9.59 Å². The van der Waals surface area contributed by atoms with Crippen molar-refractivity contribution < 1.29 is 24.0 Å². The smallest absolute Gasteiger partial charge is 0.419 e. The molecule has 10 heteroatoms. The minimum absolute atomic E-state index is 0.0413. The molecule has 0 saturated carbocycles. The summed E-state index contributed by atoms with van der Waals surface area (Å²) < 4.78 is 6.28. The maximum atomic E-state index is 11.9. The Hall–Kier alpha value is -3.17. The molecule has 26 heavy (non-hydrogen) atoms. The van der Waals surface area contributed by atoms with E-state index >= 15 is 0 Å². The highest BCUT2D eigenvalue weighted by Gasteiger charge is 2.19. The molecule has 0 radical (unpaired) electrons. The Morgan fingerprint density at radius 1 is 1.42 bits per heavy atom. The summed E-state index contributed by atoms with van der Waals surface area (Å²) in [5.74, 6) is -2.17. The molecule has 1 unspecified atom stereocenters. The third kappa shape index (κ3) is 4.47. The van der Waals surface area contributed by atoms with Crippen molar-refractivity contribution in [1.82, 2.24) is 9.88 Å². The van der Waals surface area contributed by atoms with Crippen LogP contribution in [0.3, 0.4) is 0 Å². The molecule has 10 nitrogen and oxygen atoms in total. The SMILES string of the molecule is CCCC(NC(=O)CCCn1c(=O)oc2cc([N+](=O)[O-])ccc21)C(=O)O. The molecule has 0 aliphatic heterocycles. The number of oxazole rings is 1. The molecule has 1 amide bonds. The summed E-state index contributed by atoms with van der Waals surface area (Å²) in [7, 11) is 0. The minimum Gasteiger partial charge on any atom is -0.480 e. The average Bonchev–Trinajstić information content (AvgIpc) is 2.89. The number of nitro benzene ring substituents is 1. The van der Waals surface area contributed by atoms with Crippen molar-refractivity contribution in [2.75, 3.05) is 0 Å². The first-order chi connectivity index (χ1) is 12.3. The van der Waals surface area contributed by atoms with E-state index in [1.165, 1.54) is 22.8 Å². The van der Waals surface area contributed by atoms with E-state index in [9.17, 15) is 24.5 Å². The molecular formula is C16H19N3O7. The van der Waals surface area contributed by atoms with Crippen molar-refractivity contribution in [2.45, 2.75) is 45.2 Å². The number of aromatic nitrogens is 1. The molecule has 1 aromatic heterocycles. The Labute approximate surface area is 147 Å². The van der Waals surface area contributed by atoms with Crippen LogP contribution in [-0.4, -0.2) is 32.5 Å². The zero-order valence-corrected chi connectivity index (χ0v) is 14.1. The van der Waals surface area contributed by atoms with Crippen LogP contribution in [0.4, 0.5) is 5.69 Å². The predicted octanol–water partition coefficient (Wildman–Crippen LogP) is 1.65. The maximum Gasteiger partial charge on any atom is 0.419 e. The Morgan fingerprint density at radius 2 is 2.15 bits per heavy atom. The lowest BCUT2D eigenvalue weighted by Gasteiger charge is -2.13. The molecule has 1 heterocycles. The maximum absolute atomic E-state index is 11.9. The molecule has 0 spiro atoms. The average molecular weight is 365 g/mol. The van der Waals surface area contributed by atoms with Crippen molar-refractivity contribution >= 4 is 28.7 Å². The summed E-state index contributed by atoms with van der Waals surface area (Å²) in [5, 5.41) is 22.2. The summed E-state index contributed by atoms with van der Waals surface area (Å²) in [4.78, 5) is 45.0. The van der Waals surface area contributed by atoms with Gasteiger partial charge in [0, 0.05) is 19.0 Å². The Balaban J connectivity index is 2.00. The zero-order valence-electron chi connectivity index (χ0n) is 14.1. The fourth-order valence-corrected chi connectivity index (χ4v) is 2.59. The molecule has 140 valence electrons. The van der Waals surface area contributed by atoms with Gasteiger partial charge in [0.05, 0.1) is 16.5 Å². The van der Waals surface area contributed by atoms with Gasteiger partial charge >= 0.3 is 11.7 Å². The number of carboxylic acids is 1. The molecule has 2 N–H and O–H groups in total. The normalized spacial score (nSPS) is 12.0. The second kappa shape index (κ2) is 8.28. The van der Waals surface area contributed by atoms with Crippen molar-refractivity contribution in [3.05, 3.63) is 38.9 Å². The van der Waals surface area contributed by atoms with Gasteiger partial charge in [-0.05, 0) is 18.9 Å². The van der Waals surface area contributed by atoms with Crippen LogP contribution >= 0.6 is 0 Å². The molecule has 0 aliphatic carbocycles. The third-order valence-corrected chi connectivity index (χ3v) is 3.86. The van der Waals surface area contributed by atoms with E-state index in [2.05, 4.69) is 5.32 Å². The van der Waals surface area contributed by atoms with E-state index in [0.717, 1.165) is 0 Å². The van der Waals surface area contributed by atoms with Gasteiger partial charge in [-0.1, -0.05) is 13.3 Å². The number of benzene rings is 1. The number of non-ortho nitro benzene ring substituents is 1. The van der Waals surface area contributed by atoms with Gasteiger partial charge in [-0.15, -0.1) is 0 Å². The molecular weight excluding hydrogens is 346 g/mol. The van der Waals surface area contributed by atoms with Crippen molar-refractivity contribution in [1.29, 1.82) is 0 Å². The van der Waals surface area contributed by atoms with E-state index < -0.39 is 28.6 Å². The highest BCUT2D eigenvalue weighted by Crippen LogP contribution is 2.20. The van der Waals surface area contributed by atoms with Crippen molar-refractivity contribution in [3.8, 4) is 0 Å². The molecule has 0 bridgehead atoms. The highest BCUT2D eigenvalue weighted by atomic mass is 16.6. The largest absolute Gasteiger partial charge is 0.480 e. The highest BCUT2D eigenvalue weighted by molar-refractivity contribution is 5.83. The van der Waals surface area contributed by atoms with E-state index in [1.807, 2.05) is 6.92 Å². The Kier molecular flexibility index (Phi) is 6.10. The molecule has 1 aromatic carbocycles. The van der Waals surface area contributed by atoms with Gasteiger partial charge in [0.2, 0.25) is 5.91 Å². The molecule has 2 rings (SSSR count). The topological polar surface area (TPSA) is 145 Å². The fourth-order valence-electron chi connectivity index (χ4n) is 2.59.